The van der Waals surface area contributed by atoms with Crippen molar-refractivity contribution < 1.29 is 23.8 Å². The van der Waals surface area contributed by atoms with Crippen molar-refractivity contribution in [3.05, 3.63) is 53.9 Å². The number of nitrogens with zero attached hydrogens (tertiary/aromatic N) is 1. The number of aromatic nitrogens is 1. The quantitative estimate of drug-likeness (QED) is 0.667. The zero-order valence-corrected chi connectivity index (χ0v) is 16.7. The number of amides is 1. The van der Waals surface area contributed by atoms with Crippen LogP contribution in [0.15, 0.2) is 42.7 Å². The molecular formula is C21H26N2O5. The molecule has 0 aliphatic carbocycles. The van der Waals surface area contributed by atoms with Crippen LogP contribution in [0.5, 0.6) is 11.5 Å². The van der Waals surface area contributed by atoms with Crippen LogP contribution >= 0.6 is 0 Å². The highest BCUT2D eigenvalue weighted by atomic mass is 16.5. The van der Waals surface area contributed by atoms with E-state index in [9.17, 15) is 9.59 Å². The molecule has 0 radical (unpaired) electrons. The van der Waals surface area contributed by atoms with Gasteiger partial charge in [-0.15, -0.1) is 0 Å². The molecule has 0 bridgehead atoms. The Bertz CT molecular complexity index is 810. The molecule has 0 saturated heterocycles. The number of carbonyl (C=O) groups is 2. The zero-order chi connectivity index (χ0) is 20.6. The average molecular weight is 386 g/mol. The van der Waals surface area contributed by atoms with Gasteiger partial charge in [0.15, 0.2) is 17.0 Å². The lowest BCUT2D eigenvalue weighted by Gasteiger charge is -2.28. The fourth-order valence-electron chi connectivity index (χ4n) is 2.81. The summed E-state index contributed by atoms with van der Waals surface area (Å²) in [6.45, 7) is 3.56. The molecule has 1 heterocycles. The van der Waals surface area contributed by atoms with Crippen molar-refractivity contribution in [2.75, 3.05) is 20.8 Å². The minimum atomic E-state index is -1.31. The molecule has 28 heavy (non-hydrogen) atoms. The molecule has 0 spiro atoms. The van der Waals surface area contributed by atoms with Crippen LogP contribution < -0.4 is 14.8 Å². The number of ether oxygens (including phenoxy) is 3. The summed E-state index contributed by atoms with van der Waals surface area (Å²) in [5.74, 6) is 0.436. The number of esters is 1. The Kier molecular flexibility index (Phi) is 7.37. The second-order valence-corrected chi connectivity index (χ2v) is 6.32. The van der Waals surface area contributed by atoms with Gasteiger partial charge in [-0.1, -0.05) is 12.1 Å². The lowest BCUT2D eigenvalue weighted by Crippen LogP contribution is -2.50. The lowest BCUT2D eigenvalue weighted by atomic mass is 9.93. The number of hydrogen-bond donors (Lipinski definition) is 1. The Hall–Kier alpha value is -3.09. The van der Waals surface area contributed by atoms with Crippen molar-refractivity contribution >= 4 is 11.9 Å². The van der Waals surface area contributed by atoms with Crippen LogP contribution in [-0.2, 0) is 26.3 Å². The summed E-state index contributed by atoms with van der Waals surface area (Å²) < 4.78 is 15.7. The first kappa shape index (κ1) is 21.2. The average Bonchev–Trinajstić information content (AvgIpc) is 2.72. The fourth-order valence-corrected chi connectivity index (χ4v) is 2.81. The SMILES string of the molecule is CCOC(=O)[C@](C)(NC(=O)CCc1ccc(OC)c(OC)c1)c1cccnc1. The minimum absolute atomic E-state index is 0.199. The number of aryl methyl sites for hydroxylation is 1. The van der Waals surface area contributed by atoms with Gasteiger partial charge in [-0.2, -0.15) is 0 Å². The summed E-state index contributed by atoms with van der Waals surface area (Å²) >= 11 is 0. The van der Waals surface area contributed by atoms with Gasteiger partial charge in [-0.05, 0) is 44.0 Å². The minimum Gasteiger partial charge on any atom is -0.493 e. The molecule has 1 N–H and O–H groups in total. The van der Waals surface area contributed by atoms with E-state index in [1.54, 1.807) is 58.7 Å². The van der Waals surface area contributed by atoms with Crippen molar-refractivity contribution in [2.24, 2.45) is 0 Å². The molecule has 0 aliphatic rings. The monoisotopic (exact) mass is 386 g/mol. The Morgan fingerprint density at radius 2 is 1.89 bits per heavy atom. The third-order valence-corrected chi connectivity index (χ3v) is 4.40. The van der Waals surface area contributed by atoms with Gasteiger partial charge in [0.25, 0.3) is 0 Å². The van der Waals surface area contributed by atoms with E-state index >= 15 is 0 Å². The molecule has 0 unspecified atom stereocenters. The predicted molar refractivity (Wildman–Crippen MR) is 104 cm³/mol. The largest absolute Gasteiger partial charge is 0.493 e. The van der Waals surface area contributed by atoms with Crippen molar-refractivity contribution in [3.8, 4) is 11.5 Å². The summed E-state index contributed by atoms with van der Waals surface area (Å²) in [6.07, 6.45) is 3.84. The Morgan fingerprint density at radius 3 is 2.50 bits per heavy atom. The molecular weight excluding hydrogens is 360 g/mol. The van der Waals surface area contributed by atoms with Crippen LogP contribution in [0.3, 0.4) is 0 Å². The highest BCUT2D eigenvalue weighted by Gasteiger charge is 2.38. The van der Waals surface area contributed by atoms with Crippen LogP contribution in [0.25, 0.3) is 0 Å². The normalized spacial score (nSPS) is 12.6. The Morgan fingerprint density at radius 1 is 1.14 bits per heavy atom. The number of nitrogens with one attached hydrogen (secondary N) is 1. The van der Waals surface area contributed by atoms with Gasteiger partial charge in [-0.25, -0.2) is 4.79 Å². The molecule has 0 saturated carbocycles. The second-order valence-electron chi connectivity index (χ2n) is 6.32. The highest BCUT2D eigenvalue weighted by Crippen LogP contribution is 2.28. The van der Waals surface area contributed by atoms with E-state index in [0.29, 0.717) is 23.5 Å². The Balaban J connectivity index is 2.11. The molecule has 1 aromatic heterocycles. The third-order valence-electron chi connectivity index (χ3n) is 4.40. The number of methoxy groups -OCH3 is 2. The van der Waals surface area contributed by atoms with Gasteiger partial charge in [0.2, 0.25) is 5.91 Å². The maximum atomic E-state index is 12.6. The van der Waals surface area contributed by atoms with Crippen molar-refractivity contribution in [2.45, 2.75) is 32.2 Å². The summed E-state index contributed by atoms with van der Waals surface area (Å²) in [4.78, 5) is 29.2. The van der Waals surface area contributed by atoms with Gasteiger partial charge >= 0.3 is 5.97 Å². The first-order valence-electron chi connectivity index (χ1n) is 9.04. The fraction of sp³-hybridized carbons (Fsp3) is 0.381. The van der Waals surface area contributed by atoms with Crippen LogP contribution in [0.4, 0.5) is 0 Å². The van der Waals surface area contributed by atoms with E-state index < -0.39 is 11.5 Å². The highest BCUT2D eigenvalue weighted by molar-refractivity contribution is 5.88. The van der Waals surface area contributed by atoms with E-state index in [0.717, 1.165) is 5.56 Å². The first-order chi connectivity index (χ1) is 13.4. The number of benzene rings is 1. The predicted octanol–water partition coefficient (Wildman–Crippen LogP) is 2.63. The van der Waals surface area contributed by atoms with E-state index in [2.05, 4.69) is 10.3 Å². The Labute approximate surface area is 165 Å². The summed E-state index contributed by atoms with van der Waals surface area (Å²) in [7, 11) is 3.13. The van der Waals surface area contributed by atoms with Gasteiger partial charge in [0.05, 0.1) is 20.8 Å². The number of carbonyl (C=O) groups excluding carboxylic acids is 2. The van der Waals surface area contributed by atoms with Crippen LogP contribution in [-0.4, -0.2) is 37.7 Å². The van der Waals surface area contributed by atoms with Crippen molar-refractivity contribution in [1.82, 2.24) is 10.3 Å². The number of pyridine rings is 1. The zero-order valence-electron chi connectivity index (χ0n) is 16.7. The number of hydrogen-bond acceptors (Lipinski definition) is 6. The van der Waals surface area contributed by atoms with Crippen molar-refractivity contribution in [3.63, 3.8) is 0 Å². The van der Waals surface area contributed by atoms with Gasteiger partial charge in [0.1, 0.15) is 0 Å². The van der Waals surface area contributed by atoms with Gasteiger partial charge < -0.3 is 19.5 Å². The molecule has 7 nitrogen and oxygen atoms in total. The standard InChI is InChI=1S/C21H26N2O5/c1-5-28-20(25)21(2,16-7-6-12-22-14-16)23-19(24)11-9-15-8-10-17(26-3)18(13-15)27-4/h6-8,10,12-14H,5,9,11H2,1-4H3,(H,23,24)/t21-/m1/s1. The topological polar surface area (TPSA) is 86.8 Å². The van der Waals surface area contributed by atoms with Crippen LogP contribution in [0, 0.1) is 0 Å². The van der Waals surface area contributed by atoms with E-state index in [-0.39, 0.29) is 18.9 Å². The second kappa shape index (κ2) is 9.73. The molecule has 2 aromatic rings. The summed E-state index contributed by atoms with van der Waals surface area (Å²) in [5.41, 5.74) is 0.179. The van der Waals surface area contributed by atoms with Crippen molar-refractivity contribution in [1.29, 1.82) is 0 Å². The maximum absolute atomic E-state index is 12.6. The maximum Gasteiger partial charge on any atom is 0.336 e. The third kappa shape index (κ3) is 5.00. The van der Waals surface area contributed by atoms with Gasteiger partial charge in [-0.3, -0.25) is 9.78 Å². The molecule has 2 rings (SSSR count). The van der Waals surface area contributed by atoms with E-state index in [1.165, 1.54) is 0 Å². The molecule has 1 aromatic carbocycles. The summed E-state index contributed by atoms with van der Waals surface area (Å²) in [6, 6.07) is 8.95. The molecule has 0 fully saturated rings. The van der Waals surface area contributed by atoms with Crippen LogP contribution in [0.1, 0.15) is 31.4 Å². The van der Waals surface area contributed by atoms with E-state index in [4.69, 9.17) is 14.2 Å². The molecule has 7 heteroatoms. The van der Waals surface area contributed by atoms with Gasteiger partial charge in [0, 0.05) is 24.4 Å². The molecule has 1 amide bonds. The molecule has 0 aliphatic heterocycles. The first-order valence-corrected chi connectivity index (χ1v) is 9.04. The smallest absolute Gasteiger partial charge is 0.336 e. The summed E-state index contributed by atoms with van der Waals surface area (Å²) in [5, 5.41) is 2.81. The lowest BCUT2D eigenvalue weighted by molar-refractivity contribution is -0.153. The molecule has 1 atom stereocenters. The molecule has 150 valence electrons. The number of rotatable bonds is 9. The van der Waals surface area contributed by atoms with E-state index in [1.807, 2.05) is 12.1 Å². The van der Waals surface area contributed by atoms with Crippen LogP contribution in [0.2, 0.25) is 0 Å².